The van der Waals surface area contributed by atoms with Crippen molar-refractivity contribution in [3.05, 3.63) is 70.7 Å². The molecule has 146 valence electrons. The molecule has 1 N–H and O–H groups in total. The van der Waals surface area contributed by atoms with Gasteiger partial charge in [-0.05, 0) is 30.3 Å². The van der Waals surface area contributed by atoms with Crippen LogP contribution in [-0.4, -0.2) is 40.0 Å². The molecule has 0 bridgehead atoms. The van der Waals surface area contributed by atoms with Gasteiger partial charge in [-0.2, -0.15) is 10.2 Å². The number of hydrogen-bond donors (Lipinski definition) is 1. The summed E-state index contributed by atoms with van der Waals surface area (Å²) in [4.78, 5) is 17.5. The molecule has 1 aromatic carbocycles. The van der Waals surface area contributed by atoms with Gasteiger partial charge in [-0.1, -0.05) is 0 Å². The molecule has 29 heavy (non-hydrogen) atoms. The molecular weight excluding hydrogens is 394 g/mol. The molecule has 3 aromatic heterocycles. The van der Waals surface area contributed by atoms with Gasteiger partial charge in [0.25, 0.3) is 5.56 Å². The minimum Gasteiger partial charge on any atom is -0.491 e. The molecular formula is C19H15N5O4S. The highest BCUT2D eigenvalue weighted by Crippen LogP contribution is 2.24. The molecule has 0 saturated heterocycles. The summed E-state index contributed by atoms with van der Waals surface area (Å²) < 4.78 is 32.1. The molecule has 4 heterocycles. The summed E-state index contributed by atoms with van der Waals surface area (Å²) in [5, 5.41) is 11.2. The Morgan fingerprint density at radius 2 is 2.03 bits per heavy atom. The van der Waals surface area contributed by atoms with Gasteiger partial charge in [0.1, 0.15) is 10.6 Å². The molecule has 1 aliphatic rings. The standard InChI is InChI=1S/C19H15N5O4S/c25-19-16-3-2-14(29(26,27)15-9-20-21-10-15)7-12(16)8-22-24(19)11-13-1-4-18-17(23-13)5-6-28-18/h1-4,7-10H,5-6,11H2,(H,20,21). The van der Waals surface area contributed by atoms with Crippen molar-refractivity contribution in [2.75, 3.05) is 6.61 Å². The summed E-state index contributed by atoms with van der Waals surface area (Å²) in [6.07, 6.45) is 4.79. The van der Waals surface area contributed by atoms with E-state index in [9.17, 15) is 13.2 Å². The minimum atomic E-state index is -3.72. The number of aromatic amines is 1. The van der Waals surface area contributed by atoms with Crippen molar-refractivity contribution in [1.29, 1.82) is 0 Å². The number of nitrogens with zero attached hydrogens (tertiary/aromatic N) is 4. The van der Waals surface area contributed by atoms with Crippen LogP contribution in [0.15, 0.2) is 63.5 Å². The van der Waals surface area contributed by atoms with Crippen molar-refractivity contribution in [3.8, 4) is 5.75 Å². The quantitative estimate of drug-likeness (QED) is 0.540. The molecule has 0 radical (unpaired) electrons. The van der Waals surface area contributed by atoms with Gasteiger partial charge in [0.05, 0.1) is 47.2 Å². The molecule has 0 spiro atoms. The summed E-state index contributed by atoms with van der Waals surface area (Å²) in [5.41, 5.74) is 1.28. The van der Waals surface area contributed by atoms with Crippen molar-refractivity contribution >= 4 is 20.6 Å². The third-order valence-corrected chi connectivity index (χ3v) is 6.53. The molecule has 0 unspecified atom stereocenters. The SMILES string of the molecule is O=c1c2ccc(S(=O)(=O)c3cn[nH]c3)cc2cnn1Cc1ccc2c(n1)CCO2. The average molecular weight is 409 g/mol. The van der Waals surface area contributed by atoms with Crippen LogP contribution < -0.4 is 10.3 Å². The molecule has 10 heteroatoms. The predicted molar refractivity (Wildman–Crippen MR) is 103 cm³/mol. The molecule has 5 rings (SSSR count). The van der Waals surface area contributed by atoms with E-state index in [0.717, 1.165) is 17.9 Å². The lowest BCUT2D eigenvalue weighted by atomic mass is 10.2. The van der Waals surface area contributed by atoms with Crippen LogP contribution in [0.5, 0.6) is 5.75 Å². The molecule has 0 aliphatic carbocycles. The summed E-state index contributed by atoms with van der Waals surface area (Å²) in [7, 11) is -3.72. The molecule has 4 aromatic rings. The normalized spacial score (nSPS) is 13.4. The fraction of sp³-hybridized carbons (Fsp3) is 0.158. The topological polar surface area (TPSA) is 120 Å². The Morgan fingerprint density at radius 3 is 2.86 bits per heavy atom. The van der Waals surface area contributed by atoms with Crippen LogP contribution >= 0.6 is 0 Å². The van der Waals surface area contributed by atoms with E-state index in [2.05, 4.69) is 20.3 Å². The van der Waals surface area contributed by atoms with E-state index in [-0.39, 0.29) is 21.9 Å². The minimum absolute atomic E-state index is 0.0600. The Balaban J connectivity index is 1.52. The Labute approximate surface area is 164 Å². The van der Waals surface area contributed by atoms with Crippen LogP contribution in [0.1, 0.15) is 11.4 Å². The zero-order chi connectivity index (χ0) is 20.0. The average Bonchev–Trinajstić information content (AvgIpc) is 3.41. The van der Waals surface area contributed by atoms with Gasteiger partial charge in [-0.15, -0.1) is 0 Å². The van der Waals surface area contributed by atoms with Crippen molar-refractivity contribution in [3.63, 3.8) is 0 Å². The first kappa shape index (κ1) is 17.6. The molecule has 0 fully saturated rings. The summed E-state index contributed by atoms with van der Waals surface area (Å²) in [5.74, 6) is 0.777. The van der Waals surface area contributed by atoms with Crippen molar-refractivity contribution in [2.24, 2.45) is 0 Å². The second-order valence-electron chi connectivity index (χ2n) is 6.64. The van der Waals surface area contributed by atoms with Gasteiger partial charge in [-0.3, -0.25) is 14.9 Å². The maximum Gasteiger partial charge on any atom is 0.274 e. The Kier molecular flexibility index (Phi) is 3.95. The number of H-pyrrole nitrogens is 1. The number of nitrogens with one attached hydrogen (secondary N) is 1. The maximum atomic E-state index is 12.8. The smallest absolute Gasteiger partial charge is 0.274 e. The van der Waals surface area contributed by atoms with Crippen LogP contribution in [0, 0.1) is 0 Å². The molecule has 9 nitrogen and oxygen atoms in total. The number of aromatic nitrogens is 5. The van der Waals surface area contributed by atoms with Crippen molar-refractivity contribution in [2.45, 2.75) is 22.8 Å². The predicted octanol–water partition coefficient (Wildman–Crippen LogP) is 1.33. The number of benzene rings is 1. The highest BCUT2D eigenvalue weighted by molar-refractivity contribution is 7.91. The third kappa shape index (κ3) is 2.97. The fourth-order valence-corrected chi connectivity index (χ4v) is 4.51. The monoisotopic (exact) mass is 409 g/mol. The summed E-state index contributed by atoms with van der Waals surface area (Å²) in [6.45, 7) is 0.834. The zero-order valence-corrected chi connectivity index (χ0v) is 15.9. The van der Waals surface area contributed by atoms with Crippen LogP contribution in [0.3, 0.4) is 0 Å². The lowest BCUT2D eigenvalue weighted by Gasteiger charge is -2.08. The van der Waals surface area contributed by atoms with E-state index in [1.807, 2.05) is 12.1 Å². The summed E-state index contributed by atoms with van der Waals surface area (Å²) >= 11 is 0. The Morgan fingerprint density at radius 1 is 1.14 bits per heavy atom. The van der Waals surface area contributed by atoms with Crippen LogP contribution in [-0.2, 0) is 22.8 Å². The number of sulfone groups is 1. The van der Waals surface area contributed by atoms with E-state index in [1.165, 1.54) is 41.5 Å². The van der Waals surface area contributed by atoms with Crippen LogP contribution in [0.4, 0.5) is 0 Å². The van der Waals surface area contributed by atoms with E-state index < -0.39 is 9.84 Å². The van der Waals surface area contributed by atoms with Crippen LogP contribution in [0.25, 0.3) is 10.8 Å². The number of fused-ring (bicyclic) bond motifs is 2. The Bertz CT molecular complexity index is 1390. The van der Waals surface area contributed by atoms with Gasteiger partial charge in [0.15, 0.2) is 0 Å². The maximum absolute atomic E-state index is 12.8. The lowest BCUT2D eigenvalue weighted by molar-refractivity contribution is 0.356. The summed E-state index contributed by atoms with van der Waals surface area (Å²) in [6, 6.07) is 8.03. The fourth-order valence-electron chi connectivity index (χ4n) is 3.31. The second-order valence-corrected chi connectivity index (χ2v) is 8.59. The van der Waals surface area contributed by atoms with Crippen molar-refractivity contribution in [1.82, 2.24) is 25.0 Å². The molecule has 0 amide bonds. The van der Waals surface area contributed by atoms with Gasteiger partial charge >= 0.3 is 0 Å². The van der Waals surface area contributed by atoms with Crippen molar-refractivity contribution < 1.29 is 13.2 Å². The van der Waals surface area contributed by atoms with E-state index in [0.29, 0.717) is 23.1 Å². The van der Waals surface area contributed by atoms with E-state index in [4.69, 9.17) is 4.74 Å². The number of ether oxygens (including phenoxy) is 1. The van der Waals surface area contributed by atoms with Gasteiger partial charge in [0.2, 0.25) is 9.84 Å². The number of pyridine rings is 1. The van der Waals surface area contributed by atoms with Gasteiger partial charge in [-0.25, -0.2) is 13.1 Å². The first-order valence-electron chi connectivity index (χ1n) is 8.88. The molecule has 0 atom stereocenters. The highest BCUT2D eigenvalue weighted by Gasteiger charge is 2.20. The first-order chi connectivity index (χ1) is 14.0. The van der Waals surface area contributed by atoms with Gasteiger partial charge in [0, 0.05) is 18.0 Å². The number of rotatable bonds is 4. The third-order valence-electron chi connectivity index (χ3n) is 4.82. The zero-order valence-electron chi connectivity index (χ0n) is 15.1. The van der Waals surface area contributed by atoms with E-state index >= 15 is 0 Å². The Hall–Kier alpha value is -3.53. The lowest BCUT2D eigenvalue weighted by Crippen LogP contribution is -2.24. The second kappa shape index (κ2) is 6.52. The van der Waals surface area contributed by atoms with Crippen LogP contribution in [0.2, 0.25) is 0 Å². The molecule has 0 saturated carbocycles. The highest BCUT2D eigenvalue weighted by atomic mass is 32.2. The largest absolute Gasteiger partial charge is 0.491 e. The van der Waals surface area contributed by atoms with E-state index in [1.54, 1.807) is 0 Å². The first-order valence-corrected chi connectivity index (χ1v) is 10.4. The molecule has 1 aliphatic heterocycles. The van der Waals surface area contributed by atoms with Gasteiger partial charge < -0.3 is 4.74 Å². The number of hydrogen-bond acceptors (Lipinski definition) is 7.